The molecule has 1 aromatic rings. The maximum atomic E-state index is 11.8. The highest BCUT2D eigenvalue weighted by atomic mass is 32.2. The molecule has 0 aliphatic heterocycles. The van der Waals surface area contributed by atoms with Crippen molar-refractivity contribution in [3.8, 4) is 5.75 Å². The molecule has 17 heavy (non-hydrogen) atoms. The topological polar surface area (TPSA) is 49.3 Å². The zero-order chi connectivity index (χ0) is 12.7. The molecular weight excluding hydrogens is 234 g/mol. The molecule has 0 radical (unpaired) electrons. The summed E-state index contributed by atoms with van der Waals surface area (Å²) in [4.78, 5) is 11.8. The second kappa shape index (κ2) is 7.22. The van der Waals surface area contributed by atoms with Crippen molar-refractivity contribution in [3.63, 3.8) is 0 Å². The number of benzene rings is 1. The van der Waals surface area contributed by atoms with E-state index in [1.54, 1.807) is 36.0 Å². The lowest BCUT2D eigenvalue weighted by Gasteiger charge is -2.12. The third-order valence-electron chi connectivity index (χ3n) is 2.40. The Morgan fingerprint density at radius 3 is 2.82 bits per heavy atom. The molecule has 0 heterocycles. The van der Waals surface area contributed by atoms with Crippen LogP contribution in [0.4, 0.5) is 5.69 Å². The van der Waals surface area contributed by atoms with E-state index in [1.807, 2.05) is 6.92 Å². The number of unbranched alkanes of at least 4 members (excludes halogenated alkanes) is 1. The molecule has 0 bridgehead atoms. The summed E-state index contributed by atoms with van der Waals surface area (Å²) in [5.41, 5.74) is 0.473. The van der Waals surface area contributed by atoms with E-state index in [-0.39, 0.29) is 16.9 Å². The van der Waals surface area contributed by atoms with E-state index in [9.17, 15) is 9.90 Å². The molecule has 94 valence electrons. The number of carbonyl (C=O) groups is 1. The molecule has 0 unspecified atom stereocenters. The molecule has 0 aliphatic rings. The third kappa shape index (κ3) is 4.69. The van der Waals surface area contributed by atoms with Gasteiger partial charge in [0.05, 0.1) is 10.9 Å². The number of phenolic OH excluding ortho intramolecular Hbond substituents is 1. The minimum atomic E-state index is -0.0962. The molecule has 0 fully saturated rings. The Morgan fingerprint density at radius 1 is 1.47 bits per heavy atom. The first kappa shape index (κ1) is 13.9. The number of phenols is 1. The van der Waals surface area contributed by atoms with E-state index >= 15 is 0 Å². The van der Waals surface area contributed by atoms with E-state index in [2.05, 4.69) is 12.2 Å². The van der Waals surface area contributed by atoms with Gasteiger partial charge in [0.1, 0.15) is 5.75 Å². The zero-order valence-electron chi connectivity index (χ0n) is 10.3. The van der Waals surface area contributed by atoms with Crippen LogP contribution in [-0.2, 0) is 4.79 Å². The third-order valence-corrected chi connectivity index (χ3v) is 3.64. The van der Waals surface area contributed by atoms with Gasteiger partial charge in [-0.05, 0) is 31.2 Å². The van der Waals surface area contributed by atoms with Crippen molar-refractivity contribution >= 4 is 23.4 Å². The average molecular weight is 253 g/mol. The number of para-hydroxylation sites is 2. The molecule has 4 heteroatoms. The fraction of sp³-hybridized carbons (Fsp3) is 0.462. The number of aromatic hydroxyl groups is 1. The highest BCUT2D eigenvalue weighted by Crippen LogP contribution is 2.23. The fourth-order valence-corrected chi connectivity index (χ4v) is 2.31. The lowest BCUT2D eigenvalue weighted by atomic mass is 10.3. The van der Waals surface area contributed by atoms with Gasteiger partial charge in [-0.3, -0.25) is 4.79 Å². The lowest BCUT2D eigenvalue weighted by Crippen LogP contribution is -2.22. The molecule has 1 atom stereocenters. The number of amides is 1. The highest BCUT2D eigenvalue weighted by Gasteiger charge is 2.14. The van der Waals surface area contributed by atoms with Gasteiger partial charge in [-0.2, -0.15) is 0 Å². The first-order valence-corrected chi connectivity index (χ1v) is 6.90. The summed E-state index contributed by atoms with van der Waals surface area (Å²) in [6, 6.07) is 6.76. The standard InChI is InChI=1S/C13H19NO2S/c1-3-4-9-17-10(2)13(16)14-11-7-5-6-8-12(11)15/h5-8,10,15H,3-4,9H2,1-2H3,(H,14,16)/t10-/m1/s1. The van der Waals surface area contributed by atoms with Crippen molar-refractivity contribution in [2.75, 3.05) is 11.1 Å². The van der Waals surface area contributed by atoms with Gasteiger partial charge in [0.15, 0.2) is 0 Å². The van der Waals surface area contributed by atoms with Gasteiger partial charge in [-0.1, -0.05) is 25.5 Å². The molecule has 0 saturated carbocycles. The van der Waals surface area contributed by atoms with Crippen LogP contribution in [0.25, 0.3) is 0 Å². The summed E-state index contributed by atoms with van der Waals surface area (Å²) in [5, 5.41) is 12.2. The normalized spacial score (nSPS) is 12.1. The van der Waals surface area contributed by atoms with Gasteiger partial charge in [0.2, 0.25) is 5.91 Å². The SMILES string of the molecule is CCCCS[C@H](C)C(=O)Nc1ccccc1O. The van der Waals surface area contributed by atoms with Crippen LogP contribution in [0.3, 0.4) is 0 Å². The number of thioether (sulfide) groups is 1. The largest absolute Gasteiger partial charge is 0.506 e. The molecule has 0 saturated heterocycles. The molecule has 0 aliphatic carbocycles. The minimum absolute atomic E-state index is 0.0624. The predicted octanol–water partition coefficient (Wildman–Crippen LogP) is 3.25. The van der Waals surface area contributed by atoms with Crippen molar-refractivity contribution in [2.45, 2.75) is 31.9 Å². The lowest BCUT2D eigenvalue weighted by molar-refractivity contribution is -0.115. The quantitative estimate of drug-likeness (QED) is 0.604. The van der Waals surface area contributed by atoms with Crippen LogP contribution in [-0.4, -0.2) is 22.0 Å². The number of hydrogen-bond donors (Lipinski definition) is 2. The Hall–Kier alpha value is -1.16. The summed E-state index contributed by atoms with van der Waals surface area (Å²) in [6.07, 6.45) is 2.26. The van der Waals surface area contributed by atoms with Crippen molar-refractivity contribution < 1.29 is 9.90 Å². The maximum Gasteiger partial charge on any atom is 0.237 e. The maximum absolute atomic E-state index is 11.8. The Balaban J connectivity index is 2.46. The number of anilines is 1. The van der Waals surface area contributed by atoms with E-state index < -0.39 is 0 Å². The Kier molecular flexibility index (Phi) is 5.91. The van der Waals surface area contributed by atoms with Crippen LogP contribution in [0, 0.1) is 0 Å². The second-order valence-electron chi connectivity index (χ2n) is 3.87. The highest BCUT2D eigenvalue weighted by molar-refractivity contribution is 8.00. The number of hydrogen-bond acceptors (Lipinski definition) is 3. The number of rotatable bonds is 6. The van der Waals surface area contributed by atoms with E-state index in [4.69, 9.17) is 0 Å². The Morgan fingerprint density at radius 2 is 2.18 bits per heavy atom. The molecule has 3 nitrogen and oxygen atoms in total. The van der Waals surface area contributed by atoms with Gasteiger partial charge in [0.25, 0.3) is 0 Å². The fourth-order valence-electron chi connectivity index (χ4n) is 1.29. The van der Waals surface area contributed by atoms with Gasteiger partial charge in [0, 0.05) is 0 Å². The first-order valence-electron chi connectivity index (χ1n) is 5.85. The van der Waals surface area contributed by atoms with Crippen LogP contribution < -0.4 is 5.32 Å². The number of carbonyl (C=O) groups excluding carboxylic acids is 1. The molecule has 2 N–H and O–H groups in total. The minimum Gasteiger partial charge on any atom is -0.506 e. The zero-order valence-corrected chi connectivity index (χ0v) is 11.1. The monoisotopic (exact) mass is 253 g/mol. The number of nitrogens with one attached hydrogen (secondary N) is 1. The summed E-state index contributed by atoms with van der Waals surface area (Å²) < 4.78 is 0. The van der Waals surface area contributed by atoms with Crippen LogP contribution in [0.5, 0.6) is 5.75 Å². The molecule has 1 amide bonds. The van der Waals surface area contributed by atoms with Gasteiger partial charge in [-0.25, -0.2) is 0 Å². The van der Waals surface area contributed by atoms with Crippen LogP contribution in [0.2, 0.25) is 0 Å². The molecule has 1 aromatic carbocycles. The molecule has 1 rings (SSSR count). The van der Waals surface area contributed by atoms with Crippen LogP contribution in [0.15, 0.2) is 24.3 Å². The van der Waals surface area contributed by atoms with Crippen molar-refractivity contribution in [3.05, 3.63) is 24.3 Å². The van der Waals surface area contributed by atoms with Crippen molar-refractivity contribution in [2.24, 2.45) is 0 Å². The summed E-state index contributed by atoms with van der Waals surface area (Å²) in [7, 11) is 0. The average Bonchev–Trinajstić information content (AvgIpc) is 2.32. The predicted molar refractivity (Wildman–Crippen MR) is 73.6 cm³/mol. The molecular formula is C13H19NO2S. The van der Waals surface area contributed by atoms with Crippen molar-refractivity contribution in [1.29, 1.82) is 0 Å². The van der Waals surface area contributed by atoms with E-state index in [1.165, 1.54) is 0 Å². The van der Waals surface area contributed by atoms with Crippen molar-refractivity contribution in [1.82, 2.24) is 0 Å². The van der Waals surface area contributed by atoms with E-state index in [0.29, 0.717) is 5.69 Å². The van der Waals surface area contributed by atoms with Gasteiger partial charge < -0.3 is 10.4 Å². The molecule has 0 aromatic heterocycles. The summed E-state index contributed by atoms with van der Waals surface area (Å²) in [5.74, 6) is 1.03. The Bertz CT molecular complexity index is 368. The van der Waals surface area contributed by atoms with Crippen LogP contribution in [0.1, 0.15) is 26.7 Å². The van der Waals surface area contributed by atoms with Gasteiger partial charge >= 0.3 is 0 Å². The second-order valence-corrected chi connectivity index (χ2v) is 5.32. The molecule has 0 spiro atoms. The Labute approximate surface area is 107 Å². The van der Waals surface area contributed by atoms with Gasteiger partial charge in [-0.15, -0.1) is 11.8 Å². The smallest absolute Gasteiger partial charge is 0.237 e. The summed E-state index contributed by atoms with van der Waals surface area (Å²) >= 11 is 1.64. The van der Waals surface area contributed by atoms with Crippen LogP contribution >= 0.6 is 11.8 Å². The first-order chi connectivity index (χ1) is 8.15. The van der Waals surface area contributed by atoms with E-state index in [0.717, 1.165) is 18.6 Å². The summed E-state index contributed by atoms with van der Waals surface area (Å²) in [6.45, 7) is 4.02.